The number of aromatic nitrogens is 1. The van der Waals surface area contributed by atoms with Gasteiger partial charge in [0.25, 0.3) is 0 Å². The molecule has 0 spiro atoms. The summed E-state index contributed by atoms with van der Waals surface area (Å²) >= 11 is 0. The van der Waals surface area contributed by atoms with Crippen LogP contribution in [0.5, 0.6) is 5.75 Å². The van der Waals surface area contributed by atoms with Gasteiger partial charge in [-0.2, -0.15) is 13.2 Å². The van der Waals surface area contributed by atoms with Crippen molar-refractivity contribution in [3.05, 3.63) is 47.7 Å². The molecule has 0 saturated heterocycles. The van der Waals surface area contributed by atoms with E-state index >= 15 is 0 Å². The maximum atomic E-state index is 12.5. The highest BCUT2D eigenvalue weighted by atomic mass is 19.4. The van der Waals surface area contributed by atoms with Crippen LogP contribution in [-0.4, -0.2) is 16.1 Å². The first-order chi connectivity index (χ1) is 9.36. The van der Waals surface area contributed by atoms with Crippen molar-refractivity contribution in [3.63, 3.8) is 0 Å². The molecule has 20 heavy (non-hydrogen) atoms. The molecule has 106 valence electrons. The van der Waals surface area contributed by atoms with E-state index in [1.807, 2.05) is 0 Å². The van der Waals surface area contributed by atoms with Gasteiger partial charge in [0.15, 0.2) is 0 Å². The van der Waals surface area contributed by atoms with Gasteiger partial charge in [-0.05, 0) is 18.2 Å². The maximum Gasteiger partial charge on any atom is 0.416 e. The van der Waals surface area contributed by atoms with Crippen molar-refractivity contribution >= 4 is 5.97 Å². The Kier molecular flexibility index (Phi) is 3.64. The number of aromatic carboxylic acids is 1. The van der Waals surface area contributed by atoms with Crippen LogP contribution in [0.3, 0.4) is 0 Å². The van der Waals surface area contributed by atoms with Crippen molar-refractivity contribution in [1.82, 2.24) is 4.98 Å². The van der Waals surface area contributed by atoms with Gasteiger partial charge in [-0.3, -0.25) is 0 Å². The van der Waals surface area contributed by atoms with Gasteiger partial charge in [0.2, 0.25) is 0 Å². The van der Waals surface area contributed by atoms with E-state index in [1.165, 1.54) is 12.1 Å². The van der Waals surface area contributed by atoms with Crippen LogP contribution in [0.2, 0.25) is 0 Å². The number of rotatable bonds is 4. The van der Waals surface area contributed by atoms with E-state index in [2.05, 4.69) is 9.40 Å². The fourth-order valence-corrected chi connectivity index (χ4v) is 1.39. The lowest BCUT2D eigenvalue weighted by Crippen LogP contribution is -2.05. The third kappa shape index (κ3) is 3.28. The third-order valence-corrected chi connectivity index (χ3v) is 2.28. The zero-order valence-electron chi connectivity index (χ0n) is 9.85. The Hall–Kier alpha value is -2.51. The van der Waals surface area contributed by atoms with E-state index in [-0.39, 0.29) is 18.1 Å². The predicted octanol–water partition coefficient (Wildman–Crippen LogP) is 2.97. The average molecular weight is 287 g/mol. The fourth-order valence-electron chi connectivity index (χ4n) is 1.39. The van der Waals surface area contributed by atoms with E-state index in [9.17, 15) is 18.0 Å². The van der Waals surface area contributed by atoms with Crippen LogP contribution in [0.1, 0.15) is 21.9 Å². The Morgan fingerprint density at radius 3 is 2.75 bits per heavy atom. The summed E-state index contributed by atoms with van der Waals surface area (Å²) < 4.78 is 47.2. The highest BCUT2D eigenvalue weighted by molar-refractivity contribution is 5.82. The summed E-state index contributed by atoms with van der Waals surface area (Å²) in [5.74, 6) is -1.84. The van der Waals surface area contributed by atoms with Crippen LogP contribution in [0, 0.1) is 0 Å². The molecule has 2 rings (SSSR count). The second-order valence-electron chi connectivity index (χ2n) is 3.76. The number of hydrogen-bond acceptors (Lipinski definition) is 4. The SMILES string of the molecule is O=C(O)c1nc(COc2cccc(C(F)(F)F)c2)co1. The Bertz CT molecular complexity index is 621. The van der Waals surface area contributed by atoms with Gasteiger partial charge >= 0.3 is 18.0 Å². The third-order valence-electron chi connectivity index (χ3n) is 2.28. The molecule has 1 heterocycles. The molecule has 1 N–H and O–H groups in total. The molecule has 1 aromatic heterocycles. The van der Waals surface area contributed by atoms with E-state index in [0.29, 0.717) is 0 Å². The number of halogens is 3. The molecule has 0 aliphatic heterocycles. The lowest BCUT2D eigenvalue weighted by Gasteiger charge is -2.09. The van der Waals surface area contributed by atoms with Crippen molar-refractivity contribution in [3.8, 4) is 5.75 Å². The van der Waals surface area contributed by atoms with Gasteiger partial charge in [-0.25, -0.2) is 9.78 Å². The molecule has 2 aromatic rings. The topological polar surface area (TPSA) is 72.6 Å². The van der Waals surface area contributed by atoms with Gasteiger partial charge in [0.05, 0.1) is 5.56 Å². The first-order valence-corrected chi connectivity index (χ1v) is 5.34. The molecule has 5 nitrogen and oxygen atoms in total. The molecular formula is C12H8F3NO4. The van der Waals surface area contributed by atoms with Crippen molar-refractivity contribution in [2.45, 2.75) is 12.8 Å². The minimum atomic E-state index is -4.45. The minimum absolute atomic E-state index is 0.000278. The summed E-state index contributed by atoms with van der Waals surface area (Å²) in [4.78, 5) is 14.1. The van der Waals surface area contributed by atoms with Gasteiger partial charge in [-0.1, -0.05) is 6.07 Å². The number of carbonyl (C=O) groups is 1. The number of alkyl halides is 3. The first kappa shape index (κ1) is 13.9. The Morgan fingerprint density at radius 2 is 2.15 bits per heavy atom. The highest BCUT2D eigenvalue weighted by Crippen LogP contribution is 2.31. The zero-order valence-corrected chi connectivity index (χ0v) is 9.85. The molecule has 0 unspecified atom stereocenters. The monoisotopic (exact) mass is 287 g/mol. The van der Waals surface area contributed by atoms with Crippen LogP contribution in [-0.2, 0) is 12.8 Å². The van der Waals surface area contributed by atoms with Crippen LogP contribution in [0.4, 0.5) is 13.2 Å². The van der Waals surface area contributed by atoms with Gasteiger partial charge in [0.1, 0.15) is 24.3 Å². The van der Waals surface area contributed by atoms with Gasteiger partial charge in [0, 0.05) is 0 Å². The van der Waals surface area contributed by atoms with Crippen LogP contribution >= 0.6 is 0 Å². The molecule has 0 fully saturated rings. The number of ether oxygens (including phenoxy) is 1. The molecule has 0 saturated carbocycles. The molecule has 0 bridgehead atoms. The van der Waals surface area contributed by atoms with Crippen molar-refractivity contribution in [1.29, 1.82) is 0 Å². The molecule has 0 atom stereocenters. The average Bonchev–Trinajstić information content (AvgIpc) is 2.85. The molecule has 0 amide bonds. The second kappa shape index (κ2) is 5.24. The number of oxazole rings is 1. The summed E-state index contributed by atoms with van der Waals surface area (Å²) in [6, 6.07) is 4.33. The first-order valence-electron chi connectivity index (χ1n) is 5.34. The molecule has 0 aliphatic carbocycles. The summed E-state index contributed by atoms with van der Waals surface area (Å²) in [5, 5.41) is 8.59. The number of benzene rings is 1. The standard InChI is InChI=1S/C12H8F3NO4/c13-12(14,15)7-2-1-3-9(4-7)19-5-8-6-20-10(16-8)11(17)18/h1-4,6H,5H2,(H,17,18). The summed E-state index contributed by atoms with van der Waals surface area (Å²) in [6.45, 7) is -0.196. The highest BCUT2D eigenvalue weighted by Gasteiger charge is 2.30. The number of nitrogens with zero attached hydrogens (tertiary/aromatic N) is 1. The molecule has 1 aromatic carbocycles. The largest absolute Gasteiger partial charge is 0.487 e. The minimum Gasteiger partial charge on any atom is -0.487 e. The van der Waals surface area contributed by atoms with Gasteiger partial charge < -0.3 is 14.3 Å². The van der Waals surface area contributed by atoms with Crippen LogP contribution in [0.25, 0.3) is 0 Å². The molecule has 0 radical (unpaired) electrons. The normalized spacial score (nSPS) is 11.3. The van der Waals surface area contributed by atoms with E-state index in [4.69, 9.17) is 9.84 Å². The van der Waals surface area contributed by atoms with Crippen LogP contribution in [0.15, 0.2) is 34.9 Å². The predicted molar refractivity (Wildman–Crippen MR) is 59.2 cm³/mol. The lowest BCUT2D eigenvalue weighted by atomic mass is 10.2. The van der Waals surface area contributed by atoms with E-state index in [1.54, 1.807) is 0 Å². The Labute approximate surface area is 110 Å². The number of carboxylic acid groups (broad SMARTS) is 1. The molecular weight excluding hydrogens is 279 g/mol. The smallest absolute Gasteiger partial charge is 0.416 e. The second-order valence-corrected chi connectivity index (χ2v) is 3.76. The quantitative estimate of drug-likeness (QED) is 0.935. The number of hydrogen-bond donors (Lipinski definition) is 1. The lowest BCUT2D eigenvalue weighted by molar-refractivity contribution is -0.137. The maximum absolute atomic E-state index is 12.5. The fraction of sp³-hybridized carbons (Fsp3) is 0.167. The van der Waals surface area contributed by atoms with Crippen molar-refractivity contribution < 1.29 is 32.2 Å². The molecule has 8 heteroatoms. The zero-order chi connectivity index (χ0) is 14.8. The summed E-state index contributed by atoms with van der Waals surface area (Å²) in [7, 11) is 0. The summed E-state index contributed by atoms with van der Waals surface area (Å²) in [5.41, 5.74) is -0.666. The van der Waals surface area contributed by atoms with E-state index < -0.39 is 23.6 Å². The van der Waals surface area contributed by atoms with Gasteiger partial charge in [-0.15, -0.1) is 0 Å². The number of carboxylic acids is 1. The van der Waals surface area contributed by atoms with Crippen molar-refractivity contribution in [2.75, 3.05) is 0 Å². The molecule has 0 aliphatic rings. The Balaban J connectivity index is 2.05. The Morgan fingerprint density at radius 1 is 1.40 bits per heavy atom. The van der Waals surface area contributed by atoms with Crippen LogP contribution < -0.4 is 4.74 Å². The van der Waals surface area contributed by atoms with E-state index in [0.717, 1.165) is 18.4 Å². The summed E-state index contributed by atoms with van der Waals surface area (Å²) in [6.07, 6.45) is -3.39. The van der Waals surface area contributed by atoms with Crippen molar-refractivity contribution in [2.24, 2.45) is 0 Å².